The van der Waals surface area contributed by atoms with E-state index < -0.39 is 15.9 Å². The SMILES string of the molecule is Cn1cc(S(=O)(=O)Nc2ccccc2C(N)=O)cn1. The van der Waals surface area contributed by atoms with Crippen LogP contribution in [-0.4, -0.2) is 24.1 Å². The Balaban J connectivity index is 2.39. The van der Waals surface area contributed by atoms with Crippen molar-refractivity contribution in [3.05, 3.63) is 42.2 Å². The van der Waals surface area contributed by atoms with Crippen LogP contribution in [0.25, 0.3) is 0 Å². The minimum absolute atomic E-state index is 0.00859. The molecule has 1 aromatic carbocycles. The fourth-order valence-corrected chi connectivity index (χ4v) is 2.59. The third-order valence-corrected chi connectivity index (χ3v) is 3.75. The zero-order valence-corrected chi connectivity index (χ0v) is 10.9. The Hall–Kier alpha value is -2.35. The molecule has 3 N–H and O–H groups in total. The topological polar surface area (TPSA) is 107 Å². The van der Waals surface area contributed by atoms with Crippen molar-refractivity contribution < 1.29 is 13.2 Å². The summed E-state index contributed by atoms with van der Waals surface area (Å²) in [5.74, 6) is -0.704. The molecule has 1 amide bonds. The number of aromatic nitrogens is 2. The average Bonchev–Trinajstić information content (AvgIpc) is 2.76. The molecule has 7 nitrogen and oxygen atoms in total. The molecule has 0 saturated carbocycles. The summed E-state index contributed by atoms with van der Waals surface area (Å²) in [6.45, 7) is 0. The Morgan fingerprint density at radius 1 is 1.37 bits per heavy atom. The number of para-hydroxylation sites is 1. The van der Waals surface area contributed by atoms with Crippen LogP contribution in [0.2, 0.25) is 0 Å². The molecule has 0 aliphatic carbocycles. The molecule has 2 aromatic rings. The Morgan fingerprint density at radius 3 is 2.63 bits per heavy atom. The number of benzene rings is 1. The molecule has 19 heavy (non-hydrogen) atoms. The molecule has 8 heteroatoms. The summed E-state index contributed by atoms with van der Waals surface area (Å²) in [5, 5.41) is 3.79. The normalized spacial score (nSPS) is 11.2. The van der Waals surface area contributed by atoms with Crippen molar-refractivity contribution in [1.82, 2.24) is 9.78 Å². The molecule has 0 aliphatic rings. The summed E-state index contributed by atoms with van der Waals surface area (Å²) in [6.07, 6.45) is 2.57. The molecule has 0 atom stereocenters. The molecule has 0 saturated heterocycles. The number of amides is 1. The van der Waals surface area contributed by atoms with Crippen molar-refractivity contribution in [2.45, 2.75) is 4.90 Å². The van der Waals surface area contributed by atoms with Crippen LogP contribution in [0.4, 0.5) is 5.69 Å². The lowest BCUT2D eigenvalue weighted by molar-refractivity contribution is 0.100. The third-order valence-electron chi connectivity index (χ3n) is 2.43. The number of hydrogen-bond acceptors (Lipinski definition) is 4. The van der Waals surface area contributed by atoms with Crippen LogP contribution in [0.3, 0.4) is 0 Å². The highest BCUT2D eigenvalue weighted by Gasteiger charge is 2.18. The second-order valence-corrected chi connectivity index (χ2v) is 5.55. The number of carbonyl (C=O) groups excluding carboxylic acids is 1. The first kappa shape index (κ1) is 13.1. The number of anilines is 1. The van der Waals surface area contributed by atoms with Crippen LogP contribution in [0.5, 0.6) is 0 Å². The number of aryl methyl sites for hydroxylation is 1. The van der Waals surface area contributed by atoms with E-state index in [9.17, 15) is 13.2 Å². The zero-order chi connectivity index (χ0) is 14.0. The highest BCUT2D eigenvalue weighted by atomic mass is 32.2. The maximum atomic E-state index is 12.1. The first-order valence-corrected chi connectivity index (χ1v) is 6.79. The first-order chi connectivity index (χ1) is 8.90. The van der Waals surface area contributed by atoms with Crippen molar-refractivity contribution in [3.63, 3.8) is 0 Å². The summed E-state index contributed by atoms with van der Waals surface area (Å²) in [5.41, 5.74) is 5.43. The lowest BCUT2D eigenvalue weighted by Crippen LogP contribution is -2.18. The van der Waals surface area contributed by atoms with Gasteiger partial charge in [-0.25, -0.2) is 8.42 Å². The lowest BCUT2D eigenvalue weighted by Gasteiger charge is -2.09. The number of nitrogens with one attached hydrogen (secondary N) is 1. The molecule has 0 unspecified atom stereocenters. The largest absolute Gasteiger partial charge is 0.366 e. The molecular weight excluding hydrogens is 268 g/mol. The predicted molar refractivity (Wildman–Crippen MR) is 69.0 cm³/mol. The number of sulfonamides is 1. The highest BCUT2D eigenvalue weighted by molar-refractivity contribution is 7.92. The second-order valence-electron chi connectivity index (χ2n) is 3.87. The van der Waals surface area contributed by atoms with E-state index in [0.29, 0.717) is 0 Å². The van der Waals surface area contributed by atoms with Crippen molar-refractivity contribution >= 4 is 21.6 Å². The van der Waals surface area contributed by atoms with Crippen molar-refractivity contribution in [2.75, 3.05) is 4.72 Å². The summed E-state index contributed by atoms with van der Waals surface area (Å²) in [7, 11) is -2.18. The lowest BCUT2D eigenvalue weighted by atomic mass is 10.2. The minimum Gasteiger partial charge on any atom is -0.366 e. The Labute approximate surface area is 110 Å². The maximum absolute atomic E-state index is 12.1. The Bertz CT molecular complexity index is 721. The van der Waals surface area contributed by atoms with Crippen molar-refractivity contribution in [1.29, 1.82) is 0 Å². The Morgan fingerprint density at radius 2 is 2.05 bits per heavy atom. The number of hydrogen-bond donors (Lipinski definition) is 2. The second kappa shape index (κ2) is 4.73. The molecular formula is C11H12N4O3S. The molecule has 1 heterocycles. The zero-order valence-electron chi connectivity index (χ0n) is 10.1. The quantitative estimate of drug-likeness (QED) is 0.840. The summed E-state index contributed by atoms with van der Waals surface area (Å²) >= 11 is 0. The standard InChI is InChI=1S/C11H12N4O3S/c1-15-7-8(6-13-15)19(17,18)14-10-5-3-2-4-9(10)11(12)16/h2-7,14H,1H3,(H2,12,16). The summed E-state index contributed by atoms with van der Waals surface area (Å²) in [6, 6.07) is 6.12. The van der Waals surface area contributed by atoms with Gasteiger partial charge in [0.1, 0.15) is 4.90 Å². The molecule has 2 rings (SSSR count). The van der Waals surface area contributed by atoms with Crippen LogP contribution < -0.4 is 10.5 Å². The summed E-state index contributed by atoms with van der Waals surface area (Å²) < 4.78 is 27.8. The van der Waals surface area contributed by atoms with E-state index in [1.54, 1.807) is 19.2 Å². The van der Waals surface area contributed by atoms with Gasteiger partial charge < -0.3 is 5.73 Å². The van der Waals surface area contributed by atoms with Crippen molar-refractivity contribution in [3.8, 4) is 0 Å². The van der Waals surface area contributed by atoms with Gasteiger partial charge in [-0.05, 0) is 12.1 Å². The maximum Gasteiger partial charge on any atom is 0.265 e. The number of rotatable bonds is 4. The van der Waals surface area contributed by atoms with Gasteiger partial charge in [0, 0.05) is 13.2 Å². The molecule has 0 bridgehead atoms. The Kier molecular flexibility index (Phi) is 3.26. The van der Waals surface area contributed by atoms with Gasteiger partial charge in [0.2, 0.25) is 0 Å². The van der Waals surface area contributed by atoms with Gasteiger partial charge in [-0.2, -0.15) is 5.10 Å². The molecule has 1 aromatic heterocycles. The van der Waals surface area contributed by atoms with Gasteiger partial charge in [0.15, 0.2) is 0 Å². The van der Waals surface area contributed by atoms with Crippen LogP contribution in [0, 0.1) is 0 Å². The van der Waals surface area contributed by atoms with Gasteiger partial charge in [-0.3, -0.25) is 14.2 Å². The number of nitrogens with two attached hydrogens (primary N) is 1. The molecule has 0 spiro atoms. The van der Waals surface area contributed by atoms with Crippen LogP contribution >= 0.6 is 0 Å². The van der Waals surface area contributed by atoms with Gasteiger partial charge >= 0.3 is 0 Å². The van der Waals surface area contributed by atoms with Gasteiger partial charge in [-0.15, -0.1) is 0 Å². The van der Waals surface area contributed by atoms with Crippen LogP contribution in [-0.2, 0) is 17.1 Å². The van der Waals surface area contributed by atoms with E-state index in [1.807, 2.05) is 0 Å². The van der Waals surface area contributed by atoms with Gasteiger partial charge in [-0.1, -0.05) is 12.1 Å². The van der Waals surface area contributed by atoms with Gasteiger partial charge in [0.05, 0.1) is 17.4 Å². The molecule has 0 aliphatic heterocycles. The minimum atomic E-state index is -3.79. The van der Waals surface area contributed by atoms with Crippen LogP contribution in [0.1, 0.15) is 10.4 Å². The van der Waals surface area contributed by atoms with E-state index >= 15 is 0 Å². The average molecular weight is 280 g/mol. The van der Waals surface area contributed by atoms with Gasteiger partial charge in [0.25, 0.3) is 15.9 Å². The van der Waals surface area contributed by atoms with E-state index in [0.717, 1.165) is 0 Å². The highest BCUT2D eigenvalue weighted by Crippen LogP contribution is 2.19. The van der Waals surface area contributed by atoms with E-state index in [-0.39, 0.29) is 16.1 Å². The predicted octanol–water partition coefficient (Wildman–Crippen LogP) is 0.320. The molecule has 0 fully saturated rings. The fourth-order valence-electron chi connectivity index (χ4n) is 1.53. The van der Waals surface area contributed by atoms with Crippen molar-refractivity contribution in [2.24, 2.45) is 12.8 Å². The first-order valence-electron chi connectivity index (χ1n) is 5.30. The fraction of sp³-hybridized carbons (Fsp3) is 0.0909. The number of carbonyl (C=O) groups is 1. The summed E-state index contributed by atoms with van der Waals surface area (Å²) in [4.78, 5) is 11.2. The monoisotopic (exact) mass is 280 g/mol. The van der Waals surface area contributed by atoms with E-state index in [2.05, 4.69) is 9.82 Å². The van der Waals surface area contributed by atoms with Crippen LogP contribution in [0.15, 0.2) is 41.6 Å². The number of primary amides is 1. The van der Waals surface area contributed by atoms with E-state index in [4.69, 9.17) is 5.73 Å². The van der Waals surface area contributed by atoms with E-state index in [1.165, 1.54) is 29.2 Å². The molecule has 100 valence electrons. The third kappa shape index (κ3) is 2.74. The number of nitrogens with zero attached hydrogens (tertiary/aromatic N) is 2. The smallest absolute Gasteiger partial charge is 0.265 e. The molecule has 0 radical (unpaired) electrons.